The van der Waals surface area contributed by atoms with Gasteiger partial charge in [-0.2, -0.15) is 0 Å². The van der Waals surface area contributed by atoms with Gasteiger partial charge in [-0.1, -0.05) is 24.3 Å². The maximum atomic E-state index is 13.8. The molecule has 0 radical (unpaired) electrons. The van der Waals surface area contributed by atoms with Gasteiger partial charge in [0.05, 0.1) is 17.8 Å². The Bertz CT molecular complexity index is 1690. The Hall–Kier alpha value is -4.11. The van der Waals surface area contributed by atoms with Crippen LogP contribution in [0.2, 0.25) is 0 Å². The van der Waals surface area contributed by atoms with Crippen molar-refractivity contribution in [2.45, 2.75) is 44.8 Å². The number of amides is 2. The number of imidazole rings is 1. The van der Waals surface area contributed by atoms with Crippen LogP contribution in [0.1, 0.15) is 36.0 Å². The zero-order chi connectivity index (χ0) is 28.8. The lowest BCUT2D eigenvalue weighted by Crippen LogP contribution is -2.49. The van der Waals surface area contributed by atoms with Crippen LogP contribution in [0.15, 0.2) is 54.6 Å². The molecule has 2 aromatic heterocycles. The SMILES string of the molecule is CN(C)CC=CC(=O)NC1CCCN(C(=O)c2cc3c4c(c2)nc(-c2cc5ccccc5n2CC2CC2)n4CCO3)C1. The summed E-state index contributed by atoms with van der Waals surface area (Å²) in [6, 6.07) is 14.5. The molecule has 1 aliphatic carbocycles. The summed E-state index contributed by atoms with van der Waals surface area (Å²) in [6.45, 7) is 4.10. The largest absolute Gasteiger partial charge is 0.489 e. The van der Waals surface area contributed by atoms with E-state index in [-0.39, 0.29) is 17.9 Å². The first-order valence-electron chi connectivity index (χ1n) is 15.1. The van der Waals surface area contributed by atoms with E-state index in [1.807, 2.05) is 42.1 Å². The number of carbonyl (C=O) groups excluding carboxylic acids is 2. The van der Waals surface area contributed by atoms with E-state index in [0.29, 0.717) is 44.1 Å². The number of nitrogens with one attached hydrogen (secondary N) is 1. The Morgan fingerprint density at radius 1 is 1.12 bits per heavy atom. The minimum Gasteiger partial charge on any atom is -0.489 e. The van der Waals surface area contributed by atoms with Crippen LogP contribution < -0.4 is 10.1 Å². The number of carbonyl (C=O) groups is 2. The van der Waals surface area contributed by atoms with Gasteiger partial charge in [0.15, 0.2) is 5.82 Å². The average Bonchev–Trinajstić information content (AvgIpc) is 3.63. The molecule has 2 aromatic carbocycles. The van der Waals surface area contributed by atoms with E-state index >= 15 is 0 Å². The van der Waals surface area contributed by atoms with Gasteiger partial charge in [-0.15, -0.1) is 0 Å². The van der Waals surface area contributed by atoms with Gasteiger partial charge < -0.3 is 29.0 Å². The first kappa shape index (κ1) is 26.8. The van der Waals surface area contributed by atoms with E-state index in [1.165, 1.54) is 23.7 Å². The third-order valence-corrected chi connectivity index (χ3v) is 8.60. The van der Waals surface area contributed by atoms with Crippen molar-refractivity contribution in [2.24, 2.45) is 5.92 Å². The number of rotatable bonds is 8. The van der Waals surface area contributed by atoms with Gasteiger partial charge in [0.25, 0.3) is 5.91 Å². The fraction of sp³-hybridized carbons (Fsp3) is 0.424. The molecule has 2 amide bonds. The monoisotopic (exact) mass is 566 g/mol. The van der Waals surface area contributed by atoms with E-state index < -0.39 is 0 Å². The van der Waals surface area contributed by atoms with Crippen LogP contribution in [0.25, 0.3) is 33.5 Å². The highest BCUT2D eigenvalue weighted by atomic mass is 16.5. The Balaban J connectivity index is 1.17. The maximum Gasteiger partial charge on any atom is 0.254 e. The molecule has 9 nitrogen and oxygen atoms in total. The Morgan fingerprint density at radius 3 is 2.81 bits per heavy atom. The quantitative estimate of drug-likeness (QED) is 0.322. The number of hydrogen-bond donors (Lipinski definition) is 1. The number of benzene rings is 2. The van der Waals surface area contributed by atoms with Gasteiger partial charge in [-0.3, -0.25) is 9.59 Å². The number of aromatic nitrogens is 3. The number of likely N-dealkylation sites (tertiary alicyclic amines) is 1. The maximum absolute atomic E-state index is 13.8. The standard InChI is InChI=1S/C33H38N6O3/c1-36(2)13-6-10-30(40)34-25-8-5-14-37(21-25)33(41)24-17-26-31-29(19-24)42-16-15-38(31)32(35-26)28-18-23-7-3-4-9-27(23)39(28)20-22-11-12-22/h3-4,6-7,9-10,17-19,22,25H,5,8,11-16,20-21H2,1-2H3,(H,34,40). The second kappa shape index (κ2) is 10.9. The first-order chi connectivity index (χ1) is 20.4. The minimum atomic E-state index is -0.118. The van der Waals surface area contributed by atoms with E-state index in [0.717, 1.165) is 47.9 Å². The summed E-state index contributed by atoms with van der Waals surface area (Å²) in [6.07, 6.45) is 7.68. The molecule has 4 aromatic rings. The fourth-order valence-corrected chi connectivity index (χ4v) is 6.36. The van der Waals surface area contributed by atoms with Gasteiger partial charge in [-0.05, 0) is 70.0 Å². The molecule has 9 heteroatoms. The topological polar surface area (TPSA) is 84.6 Å². The molecular formula is C33H38N6O3. The number of hydrogen-bond acceptors (Lipinski definition) is 5. The molecule has 1 atom stereocenters. The molecule has 42 heavy (non-hydrogen) atoms. The second-order valence-corrected chi connectivity index (χ2v) is 12.2. The molecule has 7 rings (SSSR count). The predicted octanol–water partition coefficient (Wildman–Crippen LogP) is 4.30. The van der Waals surface area contributed by atoms with Gasteiger partial charge in [0.1, 0.15) is 17.9 Å². The molecule has 3 aliphatic rings. The summed E-state index contributed by atoms with van der Waals surface area (Å²) in [4.78, 5) is 35.2. The van der Waals surface area contributed by atoms with E-state index in [1.54, 1.807) is 6.08 Å². The molecule has 0 spiro atoms. The van der Waals surface area contributed by atoms with Crippen LogP contribution >= 0.6 is 0 Å². The molecule has 218 valence electrons. The van der Waals surface area contributed by atoms with Crippen LogP contribution in [0, 0.1) is 5.92 Å². The molecular weight excluding hydrogens is 528 g/mol. The summed E-state index contributed by atoms with van der Waals surface area (Å²) >= 11 is 0. The zero-order valence-electron chi connectivity index (χ0n) is 24.4. The number of ether oxygens (including phenoxy) is 1. The summed E-state index contributed by atoms with van der Waals surface area (Å²) < 4.78 is 10.8. The lowest BCUT2D eigenvalue weighted by atomic mass is 10.0. The first-order valence-corrected chi connectivity index (χ1v) is 15.1. The molecule has 2 aliphatic heterocycles. The molecule has 1 N–H and O–H groups in total. The highest BCUT2D eigenvalue weighted by Gasteiger charge is 2.30. The van der Waals surface area contributed by atoms with Crippen LogP contribution in [0.3, 0.4) is 0 Å². The summed E-state index contributed by atoms with van der Waals surface area (Å²) in [5, 5.41) is 4.29. The number of likely N-dealkylation sites (N-methyl/N-ethyl adjacent to an activating group) is 1. The van der Waals surface area contributed by atoms with Gasteiger partial charge >= 0.3 is 0 Å². The van der Waals surface area contributed by atoms with E-state index in [9.17, 15) is 9.59 Å². The van der Waals surface area contributed by atoms with Crippen molar-refractivity contribution in [2.75, 3.05) is 40.3 Å². The van der Waals surface area contributed by atoms with Crippen LogP contribution in [-0.4, -0.2) is 82.1 Å². The van der Waals surface area contributed by atoms with Gasteiger partial charge in [-0.25, -0.2) is 4.98 Å². The lowest BCUT2D eigenvalue weighted by molar-refractivity contribution is -0.117. The van der Waals surface area contributed by atoms with Crippen molar-refractivity contribution >= 4 is 33.8 Å². The summed E-state index contributed by atoms with van der Waals surface area (Å²) in [5.41, 5.74) is 4.66. The molecule has 1 saturated carbocycles. The van der Waals surface area contributed by atoms with Crippen molar-refractivity contribution in [3.8, 4) is 17.3 Å². The lowest BCUT2D eigenvalue weighted by Gasteiger charge is -2.33. The van der Waals surface area contributed by atoms with Crippen molar-refractivity contribution in [3.05, 3.63) is 60.2 Å². The fourth-order valence-electron chi connectivity index (χ4n) is 6.36. The van der Waals surface area contributed by atoms with Crippen LogP contribution in [0.4, 0.5) is 0 Å². The average molecular weight is 567 g/mol. The normalized spacial score (nSPS) is 18.7. The van der Waals surface area contributed by atoms with Crippen molar-refractivity contribution in [1.82, 2.24) is 29.2 Å². The Morgan fingerprint density at radius 2 is 1.98 bits per heavy atom. The van der Waals surface area contributed by atoms with Gasteiger partial charge in [0, 0.05) is 54.8 Å². The molecule has 1 unspecified atom stereocenters. The van der Waals surface area contributed by atoms with E-state index in [4.69, 9.17) is 9.72 Å². The van der Waals surface area contributed by atoms with Gasteiger partial charge in [0.2, 0.25) is 5.91 Å². The highest BCUT2D eigenvalue weighted by molar-refractivity contribution is 6.00. The zero-order valence-corrected chi connectivity index (χ0v) is 24.4. The number of piperidine rings is 1. The third kappa shape index (κ3) is 5.17. The molecule has 2 fully saturated rings. The van der Waals surface area contributed by atoms with Crippen molar-refractivity contribution in [1.29, 1.82) is 0 Å². The van der Waals surface area contributed by atoms with Crippen molar-refractivity contribution < 1.29 is 14.3 Å². The number of para-hydroxylation sites is 1. The summed E-state index contributed by atoms with van der Waals surface area (Å²) in [5.74, 6) is 2.19. The Kier molecular flexibility index (Phi) is 6.98. The Labute approximate surface area is 245 Å². The minimum absolute atomic E-state index is 0.0524. The highest BCUT2D eigenvalue weighted by Crippen LogP contribution is 2.39. The summed E-state index contributed by atoms with van der Waals surface area (Å²) in [7, 11) is 3.92. The van der Waals surface area contributed by atoms with Crippen molar-refractivity contribution in [3.63, 3.8) is 0 Å². The number of fused-ring (bicyclic) bond motifs is 1. The van der Waals surface area contributed by atoms with E-state index in [2.05, 4.69) is 44.8 Å². The van der Waals surface area contributed by atoms with Crippen LogP contribution in [0.5, 0.6) is 5.75 Å². The third-order valence-electron chi connectivity index (χ3n) is 8.60. The number of nitrogens with zero attached hydrogens (tertiary/aromatic N) is 5. The predicted molar refractivity (Wildman–Crippen MR) is 164 cm³/mol. The molecule has 1 saturated heterocycles. The smallest absolute Gasteiger partial charge is 0.254 e. The second-order valence-electron chi connectivity index (χ2n) is 12.2. The molecule has 0 bridgehead atoms. The van der Waals surface area contributed by atoms with Crippen LogP contribution in [-0.2, 0) is 17.9 Å². The molecule has 4 heterocycles.